The second-order valence-corrected chi connectivity index (χ2v) is 3.26. The fraction of sp³-hybridized carbons (Fsp3) is 0.667. The third-order valence-electron chi connectivity index (χ3n) is 0.795. The van der Waals surface area contributed by atoms with E-state index in [1.165, 1.54) is 6.08 Å². The SMILES string of the molecule is C=CC(=O)NCCCCl.CN(C)C. The maximum absolute atomic E-state index is 10.4. The molecule has 0 radical (unpaired) electrons. The first kappa shape index (κ1) is 15.0. The zero-order chi connectivity index (χ0) is 10.7. The lowest BCUT2D eigenvalue weighted by molar-refractivity contribution is -0.116. The van der Waals surface area contributed by atoms with Gasteiger partial charge in [-0.15, -0.1) is 11.6 Å². The molecule has 0 bridgehead atoms. The second kappa shape index (κ2) is 11.5. The molecule has 0 aromatic heterocycles. The van der Waals surface area contributed by atoms with E-state index in [9.17, 15) is 4.79 Å². The minimum absolute atomic E-state index is 0.139. The van der Waals surface area contributed by atoms with Crippen molar-refractivity contribution in [2.75, 3.05) is 33.6 Å². The summed E-state index contributed by atoms with van der Waals surface area (Å²) < 4.78 is 0. The standard InChI is InChI=1S/C6H10ClNO.C3H9N/c1-2-6(9)8-5-3-4-7;1-4(2)3/h2H,1,3-5H2,(H,8,9);1-3H3. The maximum atomic E-state index is 10.4. The summed E-state index contributed by atoms with van der Waals surface area (Å²) in [5.74, 6) is 0.442. The van der Waals surface area contributed by atoms with Gasteiger partial charge in [0.2, 0.25) is 5.91 Å². The quantitative estimate of drug-likeness (QED) is 0.425. The van der Waals surface area contributed by atoms with Gasteiger partial charge in [0, 0.05) is 12.4 Å². The van der Waals surface area contributed by atoms with Crippen LogP contribution in [0.5, 0.6) is 0 Å². The van der Waals surface area contributed by atoms with E-state index in [1.54, 1.807) is 0 Å². The van der Waals surface area contributed by atoms with Crippen molar-refractivity contribution < 1.29 is 4.79 Å². The van der Waals surface area contributed by atoms with Gasteiger partial charge in [0.05, 0.1) is 0 Å². The predicted molar refractivity (Wildman–Crippen MR) is 58.2 cm³/mol. The van der Waals surface area contributed by atoms with Crippen molar-refractivity contribution in [1.82, 2.24) is 10.2 Å². The Morgan fingerprint density at radius 2 is 2.00 bits per heavy atom. The van der Waals surface area contributed by atoms with Gasteiger partial charge in [-0.1, -0.05) is 6.58 Å². The third kappa shape index (κ3) is 24.6. The Balaban J connectivity index is 0. The average Bonchev–Trinajstić information content (AvgIpc) is 2.03. The molecule has 0 saturated heterocycles. The number of rotatable bonds is 4. The summed E-state index contributed by atoms with van der Waals surface area (Å²) in [5, 5.41) is 2.59. The van der Waals surface area contributed by atoms with Crippen molar-refractivity contribution in [2.24, 2.45) is 0 Å². The minimum atomic E-state index is -0.139. The van der Waals surface area contributed by atoms with Crippen molar-refractivity contribution in [3.8, 4) is 0 Å². The number of hydrogen-bond donors (Lipinski definition) is 1. The van der Waals surface area contributed by atoms with Gasteiger partial charge in [0.15, 0.2) is 0 Å². The van der Waals surface area contributed by atoms with Crippen LogP contribution in [0.15, 0.2) is 12.7 Å². The van der Waals surface area contributed by atoms with Crippen LogP contribution in [-0.4, -0.2) is 44.4 Å². The number of alkyl halides is 1. The lowest BCUT2D eigenvalue weighted by Gasteiger charge is -1.96. The summed E-state index contributed by atoms with van der Waals surface area (Å²) in [6.07, 6.45) is 2.05. The zero-order valence-corrected chi connectivity index (χ0v) is 9.40. The van der Waals surface area contributed by atoms with Gasteiger partial charge in [-0.3, -0.25) is 4.79 Å². The summed E-state index contributed by atoms with van der Waals surface area (Å²) in [7, 11) is 6.00. The molecule has 13 heavy (non-hydrogen) atoms. The van der Waals surface area contributed by atoms with E-state index in [1.807, 2.05) is 26.0 Å². The predicted octanol–water partition coefficient (Wildman–Crippen LogP) is 1.10. The molecule has 0 unspecified atom stereocenters. The molecule has 0 fully saturated rings. The molecular formula is C9H19ClN2O. The van der Waals surface area contributed by atoms with Gasteiger partial charge in [-0.05, 0) is 33.6 Å². The second-order valence-electron chi connectivity index (χ2n) is 2.88. The topological polar surface area (TPSA) is 32.3 Å². The fourth-order valence-electron chi connectivity index (χ4n) is 0.351. The van der Waals surface area contributed by atoms with E-state index in [2.05, 4.69) is 11.9 Å². The first-order valence-electron chi connectivity index (χ1n) is 4.11. The molecule has 3 nitrogen and oxygen atoms in total. The lowest BCUT2D eigenvalue weighted by atomic mass is 10.4. The zero-order valence-electron chi connectivity index (χ0n) is 8.64. The number of hydrogen-bond acceptors (Lipinski definition) is 2. The molecule has 0 rings (SSSR count). The summed E-state index contributed by atoms with van der Waals surface area (Å²) in [6.45, 7) is 3.93. The van der Waals surface area contributed by atoms with Crippen LogP contribution in [0.2, 0.25) is 0 Å². The van der Waals surface area contributed by atoms with Crippen LogP contribution in [0, 0.1) is 0 Å². The van der Waals surface area contributed by atoms with Crippen LogP contribution in [0.4, 0.5) is 0 Å². The van der Waals surface area contributed by atoms with Crippen molar-refractivity contribution in [1.29, 1.82) is 0 Å². The van der Waals surface area contributed by atoms with Gasteiger partial charge in [-0.2, -0.15) is 0 Å². The maximum Gasteiger partial charge on any atom is 0.243 e. The van der Waals surface area contributed by atoms with E-state index < -0.39 is 0 Å². The first-order chi connectivity index (χ1) is 6.04. The molecule has 0 atom stereocenters. The molecule has 1 amide bonds. The van der Waals surface area contributed by atoms with Crippen LogP contribution in [0.25, 0.3) is 0 Å². The molecule has 0 saturated carbocycles. The summed E-state index contributed by atoms with van der Waals surface area (Å²) in [5.41, 5.74) is 0. The fourth-order valence-corrected chi connectivity index (χ4v) is 0.484. The van der Waals surface area contributed by atoms with Gasteiger partial charge >= 0.3 is 0 Å². The van der Waals surface area contributed by atoms with Crippen molar-refractivity contribution >= 4 is 17.5 Å². The van der Waals surface area contributed by atoms with Crippen LogP contribution in [-0.2, 0) is 4.79 Å². The first-order valence-corrected chi connectivity index (χ1v) is 4.65. The van der Waals surface area contributed by atoms with Gasteiger partial charge in [0.25, 0.3) is 0 Å². The summed E-state index contributed by atoms with van der Waals surface area (Å²) in [4.78, 5) is 12.4. The molecule has 0 aliphatic rings. The highest BCUT2D eigenvalue weighted by molar-refractivity contribution is 6.17. The molecule has 0 aromatic carbocycles. The monoisotopic (exact) mass is 206 g/mol. The molecule has 0 aliphatic carbocycles. The highest BCUT2D eigenvalue weighted by Crippen LogP contribution is 1.80. The Hall–Kier alpha value is -0.540. The molecular weight excluding hydrogens is 188 g/mol. The Morgan fingerprint density at radius 3 is 2.31 bits per heavy atom. The van der Waals surface area contributed by atoms with E-state index in [0.29, 0.717) is 12.4 Å². The number of nitrogens with one attached hydrogen (secondary N) is 1. The van der Waals surface area contributed by atoms with Crippen molar-refractivity contribution in [2.45, 2.75) is 6.42 Å². The Bertz CT molecular complexity index is 135. The van der Waals surface area contributed by atoms with Gasteiger partial charge in [-0.25, -0.2) is 0 Å². The van der Waals surface area contributed by atoms with Crippen LogP contribution in [0.3, 0.4) is 0 Å². The van der Waals surface area contributed by atoms with Crippen LogP contribution in [0.1, 0.15) is 6.42 Å². The van der Waals surface area contributed by atoms with E-state index >= 15 is 0 Å². The molecule has 78 valence electrons. The van der Waals surface area contributed by atoms with Crippen molar-refractivity contribution in [3.63, 3.8) is 0 Å². The molecule has 0 heterocycles. The highest BCUT2D eigenvalue weighted by Gasteiger charge is 1.89. The Kier molecular flexibility index (Phi) is 13.2. The number of carbonyl (C=O) groups is 1. The largest absolute Gasteiger partial charge is 0.353 e. The van der Waals surface area contributed by atoms with E-state index in [-0.39, 0.29) is 5.91 Å². The van der Waals surface area contributed by atoms with E-state index in [4.69, 9.17) is 11.6 Å². The van der Waals surface area contributed by atoms with E-state index in [0.717, 1.165) is 6.42 Å². The van der Waals surface area contributed by atoms with Crippen LogP contribution < -0.4 is 5.32 Å². The number of halogens is 1. The Labute approximate surface area is 85.7 Å². The average molecular weight is 207 g/mol. The minimum Gasteiger partial charge on any atom is -0.353 e. The molecule has 0 spiro atoms. The van der Waals surface area contributed by atoms with Crippen molar-refractivity contribution in [3.05, 3.63) is 12.7 Å². The normalized spacial score (nSPS) is 8.69. The molecule has 0 aliphatic heterocycles. The molecule has 0 aromatic rings. The number of carbonyl (C=O) groups excluding carboxylic acids is 1. The third-order valence-corrected chi connectivity index (χ3v) is 1.06. The van der Waals surface area contributed by atoms with Gasteiger partial charge in [0.1, 0.15) is 0 Å². The smallest absolute Gasteiger partial charge is 0.243 e. The summed E-state index contributed by atoms with van der Waals surface area (Å²) >= 11 is 5.35. The summed E-state index contributed by atoms with van der Waals surface area (Å²) in [6, 6.07) is 0. The molecule has 4 heteroatoms. The number of nitrogens with zero attached hydrogens (tertiary/aromatic N) is 1. The Morgan fingerprint density at radius 1 is 1.54 bits per heavy atom. The van der Waals surface area contributed by atoms with Crippen LogP contribution >= 0.6 is 11.6 Å². The van der Waals surface area contributed by atoms with Gasteiger partial charge < -0.3 is 10.2 Å². The number of amides is 1. The lowest BCUT2D eigenvalue weighted by Crippen LogP contribution is -2.21. The highest BCUT2D eigenvalue weighted by atomic mass is 35.5. The molecule has 1 N–H and O–H groups in total.